The van der Waals surface area contributed by atoms with E-state index in [0.717, 1.165) is 46.4 Å². The van der Waals surface area contributed by atoms with Crippen molar-refractivity contribution < 1.29 is 27.8 Å². The van der Waals surface area contributed by atoms with Crippen molar-refractivity contribution in [2.75, 3.05) is 17.1 Å². The number of carbonyl (C=O) groups is 1. The summed E-state index contributed by atoms with van der Waals surface area (Å²) in [5, 5.41) is 10.3. The van der Waals surface area contributed by atoms with Crippen LogP contribution in [0, 0.1) is 13.8 Å². The van der Waals surface area contributed by atoms with Gasteiger partial charge in [0.15, 0.2) is 6.10 Å². The lowest BCUT2D eigenvalue weighted by molar-refractivity contribution is -0.160. The van der Waals surface area contributed by atoms with Crippen LogP contribution < -0.4 is 9.46 Å². The van der Waals surface area contributed by atoms with Crippen molar-refractivity contribution in [3.63, 3.8) is 0 Å². The zero-order chi connectivity index (χ0) is 28.4. The van der Waals surface area contributed by atoms with Gasteiger partial charge in [0.1, 0.15) is 5.75 Å². The fourth-order valence-electron chi connectivity index (χ4n) is 4.98. The largest absolute Gasteiger partial charge is 0.493 e. The maximum absolute atomic E-state index is 13.1. The average molecular weight is 552 g/mol. The molecule has 0 aromatic heterocycles. The summed E-state index contributed by atoms with van der Waals surface area (Å²) < 4.78 is 40.8. The minimum atomic E-state index is -3.71. The molecule has 8 heteroatoms. The topological polar surface area (TPSA) is 102 Å². The van der Waals surface area contributed by atoms with Crippen molar-refractivity contribution in [3.05, 3.63) is 82.4 Å². The van der Waals surface area contributed by atoms with Gasteiger partial charge in [-0.15, -0.1) is 0 Å². The van der Waals surface area contributed by atoms with Crippen LogP contribution in [0.2, 0.25) is 0 Å². The Labute approximate surface area is 231 Å². The molecule has 0 radical (unpaired) electrons. The molecule has 0 fully saturated rings. The first-order chi connectivity index (χ1) is 18.3. The van der Waals surface area contributed by atoms with Crippen molar-refractivity contribution in [2.24, 2.45) is 0 Å². The maximum atomic E-state index is 13.1. The number of hydrogen-bond acceptors (Lipinski definition) is 5. The molecule has 0 saturated carbocycles. The summed E-state index contributed by atoms with van der Waals surface area (Å²) in [5.74, 6) is -0.401. The fraction of sp³-hybridized carbons (Fsp3) is 0.387. The molecule has 2 N–H and O–H groups in total. The van der Waals surface area contributed by atoms with Gasteiger partial charge in [-0.25, -0.2) is 13.2 Å². The number of benzene rings is 3. The number of hydrogen-bond donors (Lipinski definition) is 2. The van der Waals surface area contributed by atoms with Crippen molar-refractivity contribution in [3.8, 4) is 16.9 Å². The lowest BCUT2D eigenvalue weighted by atomic mass is 9.86. The monoisotopic (exact) mass is 551 g/mol. The quantitative estimate of drug-likeness (QED) is 0.327. The molecule has 4 rings (SSSR count). The number of fused-ring (bicyclic) bond motifs is 1. The van der Waals surface area contributed by atoms with Crippen molar-refractivity contribution in [2.45, 2.75) is 65.6 Å². The third-order valence-electron chi connectivity index (χ3n) is 6.76. The zero-order valence-corrected chi connectivity index (χ0v) is 24.0. The lowest BCUT2D eigenvalue weighted by Gasteiger charge is -2.30. The molecule has 0 bridgehead atoms. The zero-order valence-electron chi connectivity index (χ0n) is 23.2. The van der Waals surface area contributed by atoms with Gasteiger partial charge in [-0.05, 0) is 105 Å². The standard InChI is InChI=1S/C31H37NO6S/c1-20-18-25(32-39(35,36)17-15-22-10-7-6-8-11-22)21(2)28(29(30(33)34)38-31(3,4)5)27(20)24-13-14-26-23(19-24)12-9-16-37-26/h6-8,10-11,13-14,18-19,29,32H,9,12,15-17H2,1-5H3,(H,33,34). The smallest absolute Gasteiger partial charge is 0.337 e. The second-order valence-corrected chi connectivity index (χ2v) is 12.9. The Morgan fingerprint density at radius 2 is 1.82 bits per heavy atom. The summed E-state index contributed by atoms with van der Waals surface area (Å²) >= 11 is 0. The summed E-state index contributed by atoms with van der Waals surface area (Å²) in [6.45, 7) is 9.70. The predicted molar refractivity (Wildman–Crippen MR) is 154 cm³/mol. The second-order valence-electron chi connectivity index (χ2n) is 11.0. The first-order valence-electron chi connectivity index (χ1n) is 13.2. The first kappa shape index (κ1) is 28.6. The first-order valence-corrected chi connectivity index (χ1v) is 14.8. The lowest BCUT2D eigenvalue weighted by Crippen LogP contribution is -2.29. The molecule has 0 aliphatic carbocycles. The molecule has 1 heterocycles. The SMILES string of the molecule is Cc1cc(NS(=O)(=O)CCc2ccccc2)c(C)c(C(OC(C)(C)C)C(=O)O)c1-c1ccc2c(c1)CCCO2. The van der Waals surface area contributed by atoms with Gasteiger partial charge < -0.3 is 14.6 Å². The van der Waals surface area contributed by atoms with Gasteiger partial charge >= 0.3 is 5.97 Å². The van der Waals surface area contributed by atoms with Crippen molar-refractivity contribution in [1.82, 2.24) is 0 Å². The van der Waals surface area contributed by atoms with E-state index in [-0.39, 0.29) is 5.75 Å². The number of aryl methyl sites for hydroxylation is 3. The minimum Gasteiger partial charge on any atom is -0.493 e. The fourth-order valence-corrected chi connectivity index (χ4v) is 6.13. The molecule has 7 nitrogen and oxygen atoms in total. The van der Waals surface area contributed by atoms with E-state index < -0.39 is 27.7 Å². The number of carboxylic acids is 1. The number of nitrogens with one attached hydrogen (secondary N) is 1. The van der Waals surface area contributed by atoms with Crippen molar-refractivity contribution in [1.29, 1.82) is 0 Å². The van der Waals surface area contributed by atoms with Gasteiger partial charge in [0, 0.05) is 5.56 Å². The van der Waals surface area contributed by atoms with Crippen LogP contribution in [0.3, 0.4) is 0 Å². The number of anilines is 1. The van der Waals surface area contributed by atoms with E-state index in [0.29, 0.717) is 29.8 Å². The van der Waals surface area contributed by atoms with E-state index in [1.54, 1.807) is 33.8 Å². The van der Waals surface area contributed by atoms with Gasteiger partial charge in [-0.3, -0.25) is 4.72 Å². The van der Waals surface area contributed by atoms with Gasteiger partial charge in [-0.2, -0.15) is 0 Å². The highest BCUT2D eigenvalue weighted by molar-refractivity contribution is 7.92. The van der Waals surface area contributed by atoms with Crippen LogP contribution in [0.1, 0.15) is 61.1 Å². The normalized spacial score (nSPS) is 14.3. The summed E-state index contributed by atoms with van der Waals surface area (Å²) in [4.78, 5) is 12.6. The van der Waals surface area contributed by atoms with Crippen LogP contribution in [-0.4, -0.2) is 37.5 Å². The molecule has 1 unspecified atom stereocenters. The highest BCUT2D eigenvalue weighted by Gasteiger charge is 2.33. The van der Waals surface area contributed by atoms with E-state index in [4.69, 9.17) is 9.47 Å². The Hall–Kier alpha value is -3.36. The van der Waals surface area contributed by atoms with E-state index >= 15 is 0 Å². The van der Waals surface area contributed by atoms with Gasteiger partial charge in [0.25, 0.3) is 0 Å². The molecule has 0 saturated heterocycles. The molecule has 0 spiro atoms. The number of rotatable bonds is 9. The third kappa shape index (κ3) is 6.99. The van der Waals surface area contributed by atoms with Gasteiger partial charge in [0.2, 0.25) is 10.0 Å². The third-order valence-corrected chi connectivity index (χ3v) is 8.03. The van der Waals surface area contributed by atoms with Crippen LogP contribution in [-0.2, 0) is 32.4 Å². The van der Waals surface area contributed by atoms with Gasteiger partial charge in [-0.1, -0.05) is 36.4 Å². The molecule has 1 atom stereocenters. The van der Waals surface area contributed by atoms with Crippen molar-refractivity contribution >= 4 is 21.7 Å². The molecule has 39 heavy (non-hydrogen) atoms. The molecule has 208 valence electrons. The predicted octanol–water partition coefficient (Wildman–Crippen LogP) is 6.22. The molecule has 3 aromatic carbocycles. The Morgan fingerprint density at radius 1 is 1.10 bits per heavy atom. The Morgan fingerprint density at radius 3 is 2.49 bits per heavy atom. The maximum Gasteiger partial charge on any atom is 0.337 e. The van der Waals surface area contributed by atoms with E-state index in [9.17, 15) is 18.3 Å². The molecule has 1 aliphatic rings. The molecular formula is C31H37NO6S. The number of aliphatic carboxylic acids is 1. The van der Waals surface area contributed by atoms with E-state index in [1.165, 1.54) is 0 Å². The molecular weight excluding hydrogens is 514 g/mol. The Kier molecular flexibility index (Phi) is 8.37. The summed E-state index contributed by atoms with van der Waals surface area (Å²) in [5.41, 5.74) is 4.86. The van der Waals surface area contributed by atoms with Crippen LogP contribution >= 0.6 is 0 Å². The highest BCUT2D eigenvalue weighted by atomic mass is 32.2. The van der Waals surface area contributed by atoms with Crippen LogP contribution in [0.25, 0.3) is 11.1 Å². The van der Waals surface area contributed by atoms with Crippen LogP contribution in [0.5, 0.6) is 5.75 Å². The number of sulfonamides is 1. The van der Waals surface area contributed by atoms with Crippen LogP contribution in [0.15, 0.2) is 54.6 Å². The molecule has 0 amide bonds. The summed E-state index contributed by atoms with van der Waals surface area (Å²) in [7, 11) is -3.71. The Bertz CT molecular complexity index is 1460. The van der Waals surface area contributed by atoms with Gasteiger partial charge in [0.05, 0.1) is 23.6 Å². The summed E-state index contributed by atoms with van der Waals surface area (Å²) in [6, 6.07) is 17.1. The number of carboxylic acid groups (broad SMARTS) is 1. The average Bonchev–Trinajstić information content (AvgIpc) is 2.87. The minimum absolute atomic E-state index is 0.0990. The molecule has 1 aliphatic heterocycles. The van der Waals surface area contributed by atoms with Crippen LogP contribution in [0.4, 0.5) is 5.69 Å². The molecule has 3 aromatic rings. The summed E-state index contributed by atoms with van der Waals surface area (Å²) in [6.07, 6.45) is 0.841. The van der Waals surface area contributed by atoms with E-state index in [2.05, 4.69) is 4.72 Å². The Balaban J connectivity index is 1.81. The highest BCUT2D eigenvalue weighted by Crippen LogP contribution is 2.42. The second kappa shape index (κ2) is 11.4. The number of ether oxygens (including phenoxy) is 2. The van der Waals surface area contributed by atoms with E-state index in [1.807, 2.05) is 55.5 Å².